The molecule has 34 heavy (non-hydrogen) atoms. The molecule has 0 saturated heterocycles. The fraction of sp³-hybridized carbons (Fsp3) is 0.433. The minimum Gasteiger partial charge on any atom is -0.345 e. The first kappa shape index (κ1) is 24.5. The molecule has 0 amide bonds. The van der Waals surface area contributed by atoms with Crippen LogP contribution in [-0.2, 0) is 19.5 Å². The average molecular weight is 474 g/mol. The van der Waals surface area contributed by atoms with Gasteiger partial charge >= 0.3 is 0 Å². The Hall–Kier alpha value is -2.59. The van der Waals surface area contributed by atoms with E-state index in [-0.39, 0.29) is 0 Å². The van der Waals surface area contributed by atoms with E-state index in [2.05, 4.69) is 96.3 Å². The van der Waals surface area contributed by atoms with E-state index in [1.807, 2.05) is 0 Å². The molecular weight excluding hydrogens is 434 g/mol. The van der Waals surface area contributed by atoms with E-state index in [1.165, 1.54) is 66.5 Å². The van der Waals surface area contributed by atoms with Crippen molar-refractivity contribution in [1.82, 2.24) is 9.47 Å². The van der Waals surface area contributed by atoms with Gasteiger partial charge in [0.25, 0.3) is 0 Å². The SMILES string of the molecule is CCc1ccccc1NC(=S)N(Cc1cccn1Cc1ccc(C)cc1C)C1CCCCCC1. The Balaban J connectivity index is 1.57. The quantitative estimate of drug-likeness (QED) is 0.281. The first-order valence-corrected chi connectivity index (χ1v) is 13.3. The molecule has 0 atom stereocenters. The number of nitrogens with zero attached hydrogens (tertiary/aromatic N) is 2. The normalized spacial score (nSPS) is 14.6. The molecule has 0 unspecified atom stereocenters. The third-order valence-electron chi connectivity index (χ3n) is 7.26. The van der Waals surface area contributed by atoms with Gasteiger partial charge in [0, 0.05) is 30.2 Å². The zero-order valence-electron chi connectivity index (χ0n) is 21.0. The Morgan fingerprint density at radius 2 is 1.74 bits per heavy atom. The van der Waals surface area contributed by atoms with Crippen LogP contribution in [0.3, 0.4) is 0 Å². The molecule has 1 heterocycles. The summed E-state index contributed by atoms with van der Waals surface area (Å²) in [6, 6.07) is 20.2. The van der Waals surface area contributed by atoms with Crippen LogP contribution < -0.4 is 5.32 Å². The van der Waals surface area contributed by atoms with Gasteiger partial charge in [-0.2, -0.15) is 0 Å². The van der Waals surface area contributed by atoms with Crippen LogP contribution >= 0.6 is 12.2 Å². The number of hydrogen-bond acceptors (Lipinski definition) is 1. The molecule has 3 nitrogen and oxygen atoms in total. The number of hydrogen-bond donors (Lipinski definition) is 1. The van der Waals surface area contributed by atoms with Gasteiger partial charge < -0.3 is 14.8 Å². The smallest absolute Gasteiger partial charge is 0.174 e. The summed E-state index contributed by atoms with van der Waals surface area (Å²) < 4.78 is 2.39. The lowest BCUT2D eigenvalue weighted by atomic mass is 10.1. The zero-order valence-corrected chi connectivity index (χ0v) is 21.8. The molecule has 3 aromatic rings. The second-order valence-electron chi connectivity index (χ2n) is 9.77. The Morgan fingerprint density at radius 3 is 2.47 bits per heavy atom. The minimum atomic E-state index is 0.487. The number of rotatable bonds is 7. The highest BCUT2D eigenvalue weighted by molar-refractivity contribution is 7.80. The standard InChI is InChI=1S/C30H39N3S/c1-4-25-12-9-10-16-29(25)31-30(34)33(27-13-7-5-6-8-14-27)22-28-15-11-19-32(28)21-26-18-17-23(2)20-24(26)3/h9-12,15-20,27H,4-8,13-14,21-22H2,1-3H3,(H,31,34). The fourth-order valence-electron chi connectivity index (χ4n) is 5.20. The lowest BCUT2D eigenvalue weighted by molar-refractivity contribution is 0.274. The molecule has 2 aromatic carbocycles. The molecular formula is C30H39N3S. The first-order chi connectivity index (χ1) is 16.5. The van der Waals surface area contributed by atoms with Gasteiger partial charge in [0.05, 0.1) is 6.54 Å². The number of nitrogens with one attached hydrogen (secondary N) is 1. The van der Waals surface area contributed by atoms with E-state index in [9.17, 15) is 0 Å². The number of thiocarbonyl (C=S) groups is 1. The molecule has 4 heteroatoms. The second kappa shape index (κ2) is 11.7. The molecule has 1 aliphatic rings. The van der Waals surface area contributed by atoms with Crippen molar-refractivity contribution in [2.24, 2.45) is 0 Å². The zero-order chi connectivity index (χ0) is 23.9. The summed E-state index contributed by atoms with van der Waals surface area (Å²) in [6.45, 7) is 8.31. The van der Waals surface area contributed by atoms with E-state index in [4.69, 9.17) is 12.2 Å². The molecule has 0 radical (unpaired) electrons. The van der Waals surface area contributed by atoms with Gasteiger partial charge in [0.1, 0.15) is 0 Å². The Labute approximate surface area is 211 Å². The lowest BCUT2D eigenvalue weighted by Crippen LogP contribution is -2.42. The summed E-state index contributed by atoms with van der Waals surface area (Å²) >= 11 is 6.08. The fourth-order valence-corrected chi connectivity index (χ4v) is 5.53. The summed E-state index contributed by atoms with van der Waals surface area (Å²) in [6.07, 6.45) is 10.9. The lowest BCUT2D eigenvalue weighted by Gasteiger charge is -2.34. The summed E-state index contributed by atoms with van der Waals surface area (Å²) in [4.78, 5) is 2.47. The molecule has 0 spiro atoms. The number of aryl methyl sites for hydroxylation is 3. The molecule has 180 valence electrons. The van der Waals surface area contributed by atoms with Crippen LogP contribution in [0.2, 0.25) is 0 Å². The maximum absolute atomic E-state index is 6.08. The van der Waals surface area contributed by atoms with E-state index in [0.717, 1.165) is 30.3 Å². The third kappa shape index (κ3) is 6.09. The van der Waals surface area contributed by atoms with Crippen LogP contribution in [-0.4, -0.2) is 20.6 Å². The van der Waals surface area contributed by atoms with E-state index < -0.39 is 0 Å². The van der Waals surface area contributed by atoms with Gasteiger partial charge in [0.2, 0.25) is 0 Å². The number of benzene rings is 2. The maximum Gasteiger partial charge on any atom is 0.174 e. The molecule has 1 aromatic heterocycles. The monoisotopic (exact) mass is 473 g/mol. The largest absolute Gasteiger partial charge is 0.345 e. The van der Waals surface area contributed by atoms with E-state index in [1.54, 1.807) is 0 Å². The Morgan fingerprint density at radius 1 is 0.971 bits per heavy atom. The van der Waals surface area contributed by atoms with Crippen molar-refractivity contribution < 1.29 is 0 Å². The van der Waals surface area contributed by atoms with Crippen LogP contribution in [0.5, 0.6) is 0 Å². The summed E-state index contributed by atoms with van der Waals surface area (Å²) in [5.74, 6) is 0. The summed E-state index contributed by atoms with van der Waals surface area (Å²) in [5.41, 5.74) is 7.81. The molecule has 1 fully saturated rings. The molecule has 1 saturated carbocycles. The third-order valence-corrected chi connectivity index (χ3v) is 7.60. The van der Waals surface area contributed by atoms with Gasteiger partial charge in [-0.3, -0.25) is 0 Å². The Bertz CT molecular complexity index is 1090. The van der Waals surface area contributed by atoms with Crippen molar-refractivity contribution in [3.8, 4) is 0 Å². The molecule has 0 bridgehead atoms. The average Bonchev–Trinajstić information content (AvgIpc) is 3.09. The van der Waals surface area contributed by atoms with Gasteiger partial charge in [-0.05, 0) is 80.2 Å². The van der Waals surface area contributed by atoms with Crippen molar-refractivity contribution in [3.05, 3.63) is 88.7 Å². The van der Waals surface area contributed by atoms with Crippen molar-refractivity contribution in [2.75, 3.05) is 5.32 Å². The predicted octanol–water partition coefficient (Wildman–Crippen LogP) is 7.64. The topological polar surface area (TPSA) is 20.2 Å². The second-order valence-corrected chi connectivity index (χ2v) is 10.2. The number of aromatic nitrogens is 1. The highest BCUT2D eigenvalue weighted by atomic mass is 32.1. The van der Waals surface area contributed by atoms with Crippen LogP contribution in [0.15, 0.2) is 60.8 Å². The van der Waals surface area contributed by atoms with Crippen LogP contribution in [0, 0.1) is 13.8 Å². The van der Waals surface area contributed by atoms with E-state index in [0.29, 0.717) is 6.04 Å². The van der Waals surface area contributed by atoms with Crippen LogP contribution in [0.4, 0.5) is 5.69 Å². The maximum atomic E-state index is 6.08. The van der Waals surface area contributed by atoms with Crippen LogP contribution in [0.25, 0.3) is 0 Å². The first-order valence-electron chi connectivity index (χ1n) is 12.9. The predicted molar refractivity (Wildman–Crippen MR) is 149 cm³/mol. The number of anilines is 1. The van der Waals surface area contributed by atoms with Crippen molar-refractivity contribution in [2.45, 2.75) is 84.8 Å². The molecule has 0 aliphatic heterocycles. The Kier molecular flexibility index (Phi) is 8.44. The molecule has 1 aliphatic carbocycles. The van der Waals surface area contributed by atoms with Gasteiger partial charge in [-0.15, -0.1) is 0 Å². The van der Waals surface area contributed by atoms with Crippen LogP contribution in [0.1, 0.15) is 73.4 Å². The van der Waals surface area contributed by atoms with Crippen molar-refractivity contribution in [1.29, 1.82) is 0 Å². The summed E-state index contributed by atoms with van der Waals surface area (Å²) in [7, 11) is 0. The van der Waals surface area contributed by atoms with E-state index >= 15 is 0 Å². The molecule has 1 N–H and O–H groups in total. The number of para-hydroxylation sites is 1. The summed E-state index contributed by atoms with van der Waals surface area (Å²) in [5, 5.41) is 4.48. The minimum absolute atomic E-state index is 0.487. The van der Waals surface area contributed by atoms with Gasteiger partial charge in [-0.25, -0.2) is 0 Å². The molecule has 4 rings (SSSR count). The van der Waals surface area contributed by atoms with Crippen molar-refractivity contribution >= 4 is 23.0 Å². The van der Waals surface area contributed by atoms with Crippen molar-refractivity contribution in [3.63, 3.8) is 0 Å². The van der Waals surface area contributed by atoms with Gasteiger partial charge in [-0.1, -0.05) is 74.6 Å². The highest BCUT2D eigenvalue weighted by Gasteiger charge is 2.24. The van der Waals surface area contributed by atoms with Gasteiger partial charge in [0.15, 0.2) is 5.11 Å². The highest BCUT2D eigenvalue weighted by Crippen LogP contribution is 2.26.